The second-order valence-electron chi connectivity index (χ2n) is 5.06. The molecule has 2 unspecified atom stereocenters. The zero-order valence-corrected chi connectivity index (χ0v) is 10.4. The van der Waals surface area contributed by atoms with Crippen LogP contribution in [-0.4, -0.2) is 15.6 Å². The zero-order chi connectivity index (χ0) is 11.7. The van der Waals surface area contributed by atoms with Crippen molar-refractivity contribution >= 4 is 5.78 Å². The SMILES string of the molecule is Cc1cc(CC(=O)C2CCCC2C)n(C)n1. The van der Waals surface area contributed by atoms with E-state index in [9.17, 15) is 4.79 Å². The first kappa shape index (κ1) is 11.4. The third kappa shape index (κ3) is 2.18. The number of carbonyl (C=O) groups excluding carboxylic acids is 1. The van der Waals surface area contributed by atoms with Gasteiger partial charge in [0.2, 0.25) is 0 Å². The number of nitrogens with zero attached hydrogens (tertiary/aromatic N) is 2. The summed E-state index contributed by atoms with van der Waals surface area (Å²) in [6.45, 7) is 4.16. The fourth-order valence-corrected chi connectivity index (χ4v) is 2.76. The molecule has 0 N–H and O–H groups in total. The zero-order valence-electron chi connectivity index (χ0n) is 10.4. The molecule has 1 aliphatic carbocycles. The van der Waals surface area contributed by atoms with Gasteiger partial charge in [0.15, 0.2) is 0 Å². The van der Waals surface area contributed by atoms with Crippen LogP contribution in [0.4, 0.5) is 0 Å². The molecular formula is C13H20N2O. The summed E-state index contributed by atoms with van der Waals surface area (Å²) in [6, 6.07) is 2.01. The summed E-state index contributed by atoms with van der Waals surface area (Å²) < 4.78 is 1.83. The molecule has 1 fully saturated rings. The van der Waals surface area contributed by atoms with Gasteiger partial charge in [-0.2, -0.15) is 5.10 Å². The number of Topliss-reactive ketones (excluding diaryl/α,β-unsaturated/α-hetero) is 1. The van der Waals surface area contributed by atoms with Gasteiger partial charge in [-0.25, -0.2) is 0 Å². The highest BCUT2D eigenvalue weighted by molar-refractivity contribution is 5.83. The van der Waals surface area contributed by atoms with E-state index in [4.69, 9.17) is 0 Å². The quantitative estimate of drug-likeness (QED) is 0.783. The second kappa shape index (κ2) is 4.40. The minimum absolute atomic E-state index is 0.287. The van der Waals surface area contributed by atoms with Gasteiger partial charge in [0.25, 0.3) is 0 Å². The van der Waals surface area contributed by atoms with Gasteiger partial charge in [0.05, 0.1) is 5.69 Å². The van der Waals surface area contributed by atoms with Crippen LogP contribution < -0.4 is 0 Å². The molecule has 16 heavy (non-hydrogen) atoms. The molecule has 1 aromatic heterocycles. The van der Waals surface area contributed by atoms with Gasteiger partial charge in [-0.1, -0.05) is 13.3 Å². The van der Waals surface area contributed by atoms with Crippen LogP contribution in [0.15, 0.2) is 6.07 Å². The summed E-state index contributed by atoms with van der Waals surface area (Å²) in [7, 11) is 1.91. The Hall–Kier alpha value is -1.12. The normalized spacial score (nSPS) is 24.9. The molecule has 0 aliphatic heterocycles. The van der Waals surface area contributed by atoms with Crippen LogP contribution in [0, 0.1) is 18.8 Å². The van der Waals surface area contributed by atoms with Gasteiger partial charge >= 0.3 is 0 Å². The largest absolute Gasteiger partial charge is 0.299 e. The van der Waals surface area contributed by atoms with Crippen LogP contribution in [0.5, 0.6) is 0 Å². The Kier molecular flexibility index (Phi) is 3.13. The number of hydrogen-bond acceptors (Lipinski definition) is 2. The monoisotopic (exact) mass is 220 g/mol. The fourth-order valence-electron chi connectivity index (χ4n) is 2.76. The lowest BCUT2D eigenvalue weighted by Crippen LogP contribution is -2.20. The standard InChI is InChI=1S/C13H20N2O/c1-9-5-4-6-12(9)13(16)8-11-7-10(2)14-15(11)3/h7,9,12H,4-6,8H2,1-3H3. The number of carbonyl (C=O) groups is 1. The first-order valence-corrected chi connectivity index (χ1v) is 6.10. The van der Waals surface area contributed by atoms with Crippen molar-refractivity contribution in [3.05, 3.63) is 17.5 Å². The van der Waals surface area contributed by atoms with Crippen LogP contribution in [-0.2, 0) is 18.3 Å². The minimum Gasteiger partial charge on any atom is -0.299 e. The van der Waals surface area contributed by atoms with Crippen LogP contribution >= 0.6 is 0 Å². The van der Waals surface area contributed by atoms with Crippen molar-refractivity contribution in [2.45, 2.75) is 39.5 Å². The smallest absolute Gasteiger partial charge is 0.142 e. The first-order valence-electron chi connectivity index (χ1n) is 6.10. The van der Waals surface area contributed by atoms with E-state index in [0.29, 0.717) is 18.1 Å². The molecule has 88 valence electrons. The molecule has 1 saturated carbocycles. The molecule has 0 radical (unpaired) electrons. The van der Waals surface area contributed by atoms with Gasteiger partial charge in [-0.3, -0.25) is 9.48 Å². The van der Waals surface area contributed by atoms with Crippen molar-refractivity contribution in [1.29, 1.82) is 0 Å². The molecule has 0 spiro atoms. The maximum atomic E-state index is 12.1. The molecule has 0 saturated heterocycles. The molecule has 2 rings (SSSR count). The predicted molar refractivity (Wildman–Crippen MR) is 63.2 cm³/mol. The summed E-state index contributed by atoms with van der Waals surface area (Å²) in [5.41, 5.74) is 2.03. The van der Waals surface area contributed by atoms with E-state index in [2.05, 4.69) is 12.0 Å². The van der Waals surface area contributed by atoms with Crippen LogP contribution in [0.2, 0.25) is 0 Å². The highest BCUT2D eigenvalue weighted by Crippen LogP contribution is 2.32. The first-order chi connectivity index (χ1) is 7.58. The molecule has 2 atom stereocenters. The Labute approximate surface area is 96.8 Å². The average molecular weight is 220 g/mol. The van der Waals surface area contributed by atoms with E-state index in [1.807, 2.05) is 24.7 Å². The Bertz CT molecular complexity index is 395. The molecule has 0 aromatic carbocycles. The molecule has 1 aromatic rings. The molecule has 0 bridgehead atoms. The summed E-state index contributed by atoms with van der Waals surface area (Å²) in [5.74, 6) is 1.25. The molecule has 1 heterocycles. The Morgan fingerprint density at radius 1 is 1.56 bits per heavy atom. The molecule has 3 heteroatoms. The van der Waals surface area contributed by atoms with Crippen molar-refractivity contribution < 1.29 is 4.79 Å². The van der Waals surface area contributed by atoms with Crippen molar-refractivity contribution in [3.63, 3.8) is 0 Å². The lowest BCUT2D eigenvalue weighted by molar-refractivity contribution is -0.123. The maximum Gasteiger partial charge on any atom is 0.142 e. The molecule has 1 aliphatic rings. The van der Waals surface area contributed by atoms with Crippen LogP contribution in [0.3, 0.4) is 0 Å². The van der Waals surface area contributed by atoms with E-state index in [1.165, 1.54) is 12.8 Å². The van der Waals surface area contributed by atoms with Crippen molar-refractivity contribution in [1.82, 2.24) is 9.78 Å². The van der Waals surface area contributed by atoms with Crippen molar-refractivity contribution in [2.75, 3.05) is 0 Å². The number of ketones is 1. The second-order valence-corrected chi connectivity index (χ2v) is 5.06. The summed E-state index contributed by atoms with van der Waals surface area (Å²) in [5, 5.41) is 4.27. The van der Waals surface area contributed by atoms with Crippen molar-refractivity contribution in [3.8, 4) is 0 Å². The average Bonchev–Trinajstić information content (AvgIpc) is 2.74. The van der Waals surface area contributed by atoms with E-state index in [-0.39, 0.29) is 5.92 Å². The Morgan fingerprint density at radius 2 is 2.31 bits per heavy atom. The summed E-state index contributed by atoms with van der Waals surface area (Å²) >= 11 is 0. The Morgan fingerprint density at radius 3 is 2.81 bits per heavy atom. The number of aromatic nitrogens is 2. The van der Waals surface area contributed by atoms with Gasteiger partial charge < -0.3 is 0 Å². The van der Waals surface area contributed by atoms with Gasteiger partial charge in [0, 0.05) is 25.1 Å². The third-order valence-corrected chi connectivity index (χ3v) is 3.73. The van der Waals surface area contributed by atoms with Crippen molar-refractivity contribution in [2.24, 2.45) is 18.9 Å². The van der Waals surface area contributed by atoms with E-state index >= 15 is 0 Å². The minimum atomic E-state index is 0.287. The fraction of sp³-hybridized carbons (Fsp3) is 0.692. The third-order valence-electron chi connectivity index (χ3n) is 3.73. The number of rotatable bonds is 3. The van der Waals surface area contributed by atoms with Crippen LogP contribution in [0.25, 0.3) is 0 Å². The van der Waals surface area contributed by atoms with Gasteiger partial charge in [-0.05, 0) is 31.7 Å². The molecular weight excluding hydrogens is 200 g/mol. The predicted octanol–water partition coefficient (Wildman–Crippen LogP) is 2.28. The highest BCUT2D eigenvalue weighted by atomic mass is 16.1. The maximum absolute atomic E-state index is 12.1. The van der Waals surface area contributed by atoms with Crippen LogP contribution in [0.1, 0.15) is 37.6 Å². The van der Waals surface area contributed by atoms with Gasteiger partial charge in [0.1, 0.15) is 5.78 Å². The molecule has 0 amide bonds. The lowest BCUT2D eigenvalue weighted by atomic mass is 9.91. The lowest BCUT2D eigenvalue weighted by Gasteiger charge is -2.13. The van der Waals surface area contributed by atoms with E-state index in [1.54, 1.807) is 0 Å². The van der Waals surface area contributed by atoms with E-state index in [0.717, 1.165) is 17.8 Å². The Balaban J connectivity index is 2.04. The number of hydrogen-bond donors (Lipinski definition) is 0. The topological polar surface area (TPSA) is 34.9 Å². The molecule has 3 nitrogen and oxygen atoms in total. The summed E-state index contributed by atoms with van der Waals surface area (Å²) in [4.78, 5) is 12.1. The summed E-state index contributed by atoms with van der Waals surface area (Å²) in [6.07, 6.45) is 4.05. The van der Waals surface area contributed by atoms with E-state index < -0.39 is 0 Å². The number of aryl methyl sites for hydroxylation is 2. The van der Waals surface area contributed by atoms with Gasteiger partial charge in [-0.15, -0.1) is 0 Å². The highest BCUT2D eigenvalue weighted by Gasteiger charge is 2.29.